The van der Waals surface area contributed by atoms with Gasteiger partial charge < -0.3 is 5.11 Å². The Balaban J connectivity index is 4.00. The van der Waals surface area contributed by atoms with Crippen molar-refractivity contribution in [2.24, 2.45) is 4.99 Å². The van der Waals surface area contributed by atoms with Crippen molar-refractivity contribution in [1.82, 2.24) is 0 Å². The van der Waals surface area contributed by atoms with E-state index in [1.807, 2.05) is 6.08 Å². The molecule has 1 N–H and O–H groups in total. The number of unbranched alkanes of at least 4 members (excludes halogenated alkanes) is 2. The molecule has 0 aliphatic rings. The van der Waals surface area contributed by atoms with Crippen LogP contribution >= 0.6 is 0 Å². The van der Waals surface area contributed by atoms with Gasteiger partial charge in [-0.1, -0.05) is 25.8 Å². The molecule has 0 atom stereocenters. The maximum atomic E-state index is 10.4. The second-order valence-corrected chi connectivity index (χ2v) is 2.80. The third-order valence-corrected chi connectivity index (χ3v) is 1.53. The first-order valence-corrected chi connectivity index (χ1v) is 4.58. The molecule has 0 rings (SSSR count). The van der Waals surface area contributed by atoms with Gasteiger partial charge in [-0.05, 0) is 12.5 Å². The quantitative estimate of drug-likeness (QED) is 0.381. The van der Waals surface area contributed by atoms with Crippen molar-refractivity contribution in [2.75, 3.05) is 6.54 Å². The average molecular weight is 197 g/mol. The summed E-state index contributed by atoms with van der Waals surface area (Å²) in [6.07, 6.45) is 6.99. The van der Waals surface area contributed by atoms with Gasteiger partial charge in [0.05, 0.1) is 5.71 Å². The first-order valence-electron chi connectivity index (χ1n) is 4.58. The SMILES string of the molecule is CCCC/C=C/C(C=O)=NCC(=O)O. The Morgan fingerprint density at radius 3 is 2.71 bits per heavy atom. The first-order chi connectivity index (χ1) is 6.70. The van der Waals surface area contributed by atoms with Crippen molar-refractivity contribution in [2.45, 2.75) is 26.2 Å². The van der Waals surface area contributed by atoms with Gasteiger partial charge in [-0.3, -0.25) is 14.6 Å². The van der Waals surface area contributed by atoms with Crippen molar-refractivity contribution in [1.29, 1.82) is 0 Å². The zero-order valence-corrected chi connectivity index (χ0v) is 8.27. The van der Waals surface area contributed by atoms with Crippen LogP contribution in [0.25, 0.3) is 0 Å². The number of aldehydes is 1. The van der Waals surface area contributed by atoms with Gasteiger partial charge in [-0.25, -0.2) is 0 Å². The number of hydrogen-bond acceptors (Lipinski definition) is 3. The van der Waals surface area contributed by atoms with E-state index in [0.29, 0.717) is 6.29 Å². The summed E-state index contributed by atoms with van der Waals surface area (Å²) in [5.41, 5.74) is 0.184. The Labute approximate surface area is 83.3 Å². The third kappa shape index (κ3) is 7.21. The molecule has 78 valence electrons. The van der Waals surface area contributed by atoms with E-state index in [-0.39, 0.29) is 12.3 Å². The van der Waals surface area contributed by atoms with Crippen molar-refractivity contribution < 1.29 is 14.7 Å². The fourth-order valence-corrected chi connectivity index (χ4v) is 0.814. The molecule has 0 spiro atoms. The lowest BCUT2D eigenvalue weighted by Crippen LogP contribution is -2.04. The van der Waals surface area contributed by atoms with Gasteiger partial charge in [0.15, 0.2) is 6.29 Å². The van der Waals surface area contributed by atoms with Gasteiger partial charge in [0.1, 0.15) is 6.54 Å². The number of aliphatic imine (C=N–C) groups is 1. The summed E-state index contributed by atoms with van der Waals surface area (Å²) in [6, 6.07) is 0. The molecule has 4 nitrogen and oxygen atoms in total. The summed E-state index contributed by atoms with van der Waals surface area (Å²) in [7, 11) is 0. The van der Waals surface area contributed by atoms with Crippen LogP contribution in [0.2, 0.25) is 0 Å². The van der Waals surface area contributed by atoms with E-state index in [9.17, 15) is 9.59 Å². The van der Waals surface area contributed by atoms with Crippen LogP contribution in [0, 0.1) is 0 Å². The Morgan fingerprint density at radius 1 is 1.50 bits per heavy atom. The van der Waals surface area contributed by atoms with E-state index in [0.717, 1.165) is 19.3 Å². The molecule has 14 heavy (non-hydrogen) atoms. The van der Waals surface area contributed by atoms with E-state index in [1.54, 1.807) is 6.08 Å². The molecule has 0 aromatic heterocycles. The molecule has 0 aromatic carbocycles. The summed E-state index contributed by atoms with van der Waals surface area (Å²) < 4.78 is 0. The second kappa shape index (κ2) is 8.16. The van der Waals surface area contributed by atoms with Crippen molar-refractivity contribution >= 4 is 18.0 Å². The van der Waals surface area contributed by atoms with Crippen LogP contribution in [0.1, 0.15) is 26.2 Å². The van der Waals surface area contributed by atoms with E-state index in [4.69, 9.17) is 5.11 Å². The fraction of sp³-hybridized carbons (Fsp3) is 0.500. The van der Waals surface area contributed by atoms with Gasteiger partial charge in [-0.2, -0.15) is 0 Å². The van der Waals surface area contributed by atoms with Gasteiger partial charge in [0.2, 0.25) is 0 Å². The van der Waals surface area contributed by atoms with E-state index < -0.39 is 5.97 Å². The Hall–Kier alpha value is -1.45. The van der Waals surface area contributed by atoms with Crippen molar-refractivity contribution in [3.8, 4) is 0 Å². The van der Waals surface area contributed by atoms with Crippen LogP contribution in [0.5, 0.6) is 0 Å². The minimum absolute atomic E-state index is 0.184. The van der Waals surface area contributed by atoms with Gasteiger partial charge in [0, 0.05) is 0 Å². The number of allylic oxidation sites excluding steroid dienone is 2. The maximum absolute atomic E-state index is 10.4. The van der Waals surface area contributed by atoms with Crippen LogP contribution in [0.15, 0.2) is 17.1 Å². The minimum Gasteiger partial charge on any atom is -0.480 e. The van der Waals surface area contributed by atoms with Crippen LogP contribution in [0.4, 0.5) is 0 Å². The summed E-state index contributed by atoms with van der Waals surface area (Å²) in [5, 5.41) is 8.32. The molecule has 0 aliphatic heterocycles. The molecule has 0 saturated carbocycles. The summed E-state index contributed by atoms with van der Waals surface area (Å²) >= 11 is 0. The predicted molar refractivity (Wildman–Crippen MR) is 54.7 cm³/mol. The number of hydrogen-bond donors (Lipinski definition) is 1. The number of nitrogens with zero attached hydrogens (tertiary/aromatic N) is 1. The van der Waals surface area contributed by atoms with Crippen LogP contribution in [-0.2, 0) is 9.59 Å². The van der Waals surface area contributed by atoms with Crippen molar-refractivity contribution in [3.05, 3.63) is 12.2 Å². The molecule has 0 unspecified atom stereocenters. The van der Waals surface area contributed by atoms with E-state index >= 15 is 0 Å². The zero-order valence-electron chi connectivity index (χ0n) is 8.27. The molecule has 0 bridgehead atoms. The number of rotatable bonds is 7. The number of carboxylic acids is 1. The van der Waals surface area contributed by atoms with Crippen molar-refractivity contribution in [3.63, 3.8) is 0 Å². The monoisotopic (exact) mass is 197 g/mol. The maximum Gasteiger partial charge on any atom is 0.325 e. The number of carbonyl (C=O) groups excluding carboxylic acids is 1. The summed E-state index contributed by atoms with van der Waals surface area (Å²) in [5.74, 6) is -1.04. The smallest absolute Gasteiger partial charge is 0.325 e. The van der Waals surface area contributed by atoms with Gasteiger partial charge >= 0.3 is 5.97 Å². The minimum atomic E-state index is -1.04. The Kier molecular flexibility index (Phi) is 7.32. The highest BCUT2D eigenvalue weighted by Gasteiger charge is 1.94. The molecule has 0 amide bonds. The molecule has 0 saturated heterocycles. The molecule has 0 aliphatic carbocycles. The fourth-order valence-electron chi connectivity index (χ4n) is 0.814. The molecule has 0 heterocycles. The average Bonchev–Trinajstić information content (AvgIpc) is 2.16. The highest BCUT2D eigenvalue weighted by molar-refractivity contribution is 6.33. The van der Waals surface area contributed by atoms with Gasteiger partial charge in [-0.15, -0.1) is 0 Å². The Morgan fingerprint density at radius 2 is 2.21 bits per heavy atom. The highest BCUT2D eigenvalue weighted by atomic mass is 16.4. The lowest BCUT2D eigenvalue weighted by atomic mass is 10.2. The first kappa shape index (κ1) is 12.6. The standard InChI is InChI=1S/C10H15NO3/c1-2-3-4-5-6-9(8-12)11-7-10(13)14/h5-6,8H,2-4,7H2,1H3,(H,13,14)/b6-5+,11-9?. The predicted octanol–water partition coefficient (Wildman–Crippen LogP) is 1.46. The largest absolute Gasteiger partial charge is 0.480 e. The van der Waals surface area contributed by atoms with Crippen LogP contribution < -0.4 is 0 Å². The third-order valence-electron chi connectivity index (χ3n) is 1.53. The normalized spacial score (nSPS) is 11.9. The van der Waals surface area contributed by atoms with Crippen LogP contribution in [-0.4, -0.2) is 29.6 Å². The number of aliphatic carboxylic acids is 1. The summed E-state index contributed by atoms with van der Waals surface area (Å²) in [6.45, 7) is 1.72. The van der Waals surface area contributed by atoms with Gasteiger partial charge in [0.25, 0.3) is 0 Å². The number of carboxylic acid groups (broad SMARTS) is 1. The number of carbonyl (C=O) groups is 2. The molecular weight excluding hydrogens is 182 g/mol. The molecule has 0 fully saturated rings. The molecule has 0 radical (unpaired) electrons. The van der Waals surface area contributed by atoms with E-state index in [1.165, 1.54) is 0 Å². The van der Waals surface area contributed by atoms with Crippen LogP contribution in [0.3, 0.4) is 0 Å². The Bertz CT molecular complexity index is 244. The molecule has 4 heteroatoms. The topological polar surface area (TPSA) is 66.7 Å². The van der Waals surface area contributed by atoms with E-state index in [2.05, 4.69) is 11.9 Å². The second-order valence-electron chi connectivity index (χ2n) is 2.80. The molecular formula is C10H15NO3. The lowest BCUT2D eigenvalue weighted by Gasteiger charge is -1.90. The zero-order chi connectivity index (χ0) is 10.8. The highest BCUT2D eigenvalue weighted by Crippen LogP contribution is 1.95. The summed E-state index contributed by atoms with van der Waals surface area (Å²) in [4.78, 5) is 24.2. The lowest BCUT2D eigenvalue weighted by molar-refractivity contribution is -0.135. The molecule has 0 aromatic rings.